The maximum atomic E-state index is 5.83. The molecule has 2 rings (SSSR count). The van der Waals surface area contributed by atoms with Gasteiger partial charge in [0.25, 0.3) is 0 Å². The van der Waals surface area contributed by atoms with E-state index in [9.17, 15) is 0 Å². The van der Waals surface area contributed by atoms with Crippen molar-refractivity contribution >= 4 is 0 Å². The van der Waals surface area contributed by atoms with Crippen LogP contribution in [0.4, 0.5) is 0 Å². The van der Waals surface area contributed by atoms with Gasteiger partial charge in [0.15, 0.2) is 0 Å². The van der Waals surface area contributed by atoms with Crippen molar-refractivity contribution in [1.82, 2.24) is 9.97 Å². The van der Waals surface area contributed by atoms with Gasteiger partial charge in [-0.3, -0.25) is 0 Å². The summed E-state index contributed by atoms with van der Waals surface area (Å²) < 4.78 is 0. The molecule has 2 N–H and O–H groups in total. The second-order valence-corrected chi connectivity index (χ2v) is 3.87. The average molecular weight is 213 g/mol. The number of hydrogen-bond donors (Lipinski definition) is 1. The number of aryl methyl sites for hydroxylation is 1. The van der Waals surface area contributed by atoms with E-state index in [-0.39, 0.29) is 5.92 Å². The number of benzene rings is 1. The van der Waals surface area contributed by atoms with Crippen LogP contribution in [0, 0.1) is 6.92 Å². The Hall–Kier alpha value is -1.74. The van der Waals surface area contributed by atoms with Gasteiger partial charge in [-0.25, -0.2) is 9.97 Å². The molecular weight excluding hydrogens is 198 g/mol. The van der Waals surface area contributed by atoms with E-state index < -0.39 is 0 Å². The predicted molar refractivity (Wildman–Crippen MR) is 64.1 cm³/mol. The number of nitrogens with two attached hydrogens (primary N) is 1. The van der Waals surface area contributed by atoms with Crippen molar-refractivity contribution in [2.75, 3.05) is 6.54 Å². The zero-order valence-corrected chi connectivity index (χ0v) is 9.30. The summed E-state index contributed by atoms with van der Waals surface area (Å²) in [5.41, 5.74) is 9.36. The van der Waals surface area contributed by atoms with Crippen LogP contribution >= 0.6 is 0 Å². The highest BCUT2D eigenvalue weighted by molar-refractivity contribution is 5.32. The maximum Gasteiger partial charge on any atom is 0.115 e. The van der Waals surface area contributed by atoms with Gasteiger partial charge in [0.1, 0.15) is 6.33 Å². The molecule has 3 heteroatoms. The zero-order chi connectivity index (χ0) is 11.4. The third kappa shape index (κ3) is 2.25. The molecule has 16 heavy (non-hydrogen) atoms. The van der Waals surface area contributed by atoms with Crippen molar-refractivity contribution in [3.63, 3.8) is 0 Å². The quantitative estimate of drug-likeness (QED) is 0.846. The molecule has 1 atom stereocenters. The number of rotatable bonds is 3. The first kappa shape index (κ1) is 10.8. The standard InChI is InChI=1S/C13H15N3/c1-10-3-2-4-11(5-10)13(6-14)12-7-15-9-16-8-12/h2-5,7-9,13H,6,14H2,1H3. The summed E-state index contributed by atoms with van der Waals surface area (Å²) in [5.74, 6) is 0.182. The molecule has 0 saturated heterocycles. The molecule has 3 nitrogen and oxygen atoms in total. The second-order valence-electron chi connectivity index (χ2n) is 3.87. The molecule has 0 aliphatic heterocycles. The first-order valence-corrected chi connectivity index (χ1v) is 5.33. The molecule has 0 amide bonds. The summed E-state index contributed by atoms with van der Waals surface area (Å²) in [6, 6.07) is 8.39. The van der Waals surface area contributed by atoms with Gasteiger partial charge in [-0.05, 0) is 18.1 Å². The Morgan fingerprint density at radius 3 is 2.56 bits per heavy atom. The predicted octanol–water partition coefficient (Wildman–Crippen LogP) is 1.88. The number of hydrogen-bond acceptors (Lipinski definition) is 3. The van der Waals surface area contributed by atoms with Crippen molar-refractivity contribution in [1.29, 1.82) is 0 Å². The Labute approximate surface area is 95.4 Å². The van der Waals surface area contributed by atoms with Gasteiger partial charge >= 0.3 is 0 Å². The van der Waals surface area contributed by atoms with Gasteiger partial charge < -0.3 is 5.73 Å². The molecular formula is C13H15N3. The van der Waals surface area contributed by atoms with E-state index in [0.717, 1.165) is 5.56 Å². The lowest BCUT2D eigenvalue weighted by Gasteiger charge is -2.15. The molecule has 0 radical (unpaired) electrons. The van der Waals surface area contributed by atoms with E-state index in [1.807, 2.05) is 12.4 Å². The van der Waals surface area contributed by atoms with E-state index >= 15 is 0 Å². The maximum absolute atomic E-state index is 5.83. The zero-order valence-electron chi connectivity index (χ0n) is 9.30. The lowest BCUT2D eigenvalue weighted by molar-refractivity contribution is 0.804. The van der Waals surface area contributed by atoms with E-state index in [4.69, 9.17) is 5.73 Å². The van der Waals surface area contributed by atoms with Crippen molar-refractivity contribution < 1.29 is 0 Å². The Kier molecular flexibility index (Phi) is 3.27. The number of nitrogens with zero attached hydrogens (tertiary/aromatic N) is 2. The van der Waals surface area contributed by atoms with E-state index in [0.29, 0.717) is 6.54 Å². The highest BCUT2D eigenvalue weighted by Crippen LogP contribution is 2.22. The molecule has 2 aromatic rings. The third-order valence-corrected chi connectivity index (χ3v) is 2.66. The fraction of sp³-hybridized carbons (Fsp3) is 0.231. The van der Waals surface area contributed by atoms with Gasteiger partial charge in [-0.2, -0.15) is 0 Å². The van der Waals surface area contributed by atoms with Crippen molar-refractivity contribution in [2.24, 2.45) is 5.73 Å². The van der Waals surface area contributed by atoms with E-state index in [2.05, 4.69) is 41.2 Å². The summed E-state index contributed by atoms with van der Waals surface area (Å²) in [5, 5.41) is 0. The molecule has 0 spiro atoms. The molecule has 1 aromatic heterocycles. The molecule has 0 aliphatic carbocycles. The molecule has 1 heterocycles. The van der Waals surface area contributed by atoms with E-state index in [1.54, 1.807) is 0 Å². The van der Waals surface area contributed by atoms with Gasteiger partial charge in [-0.1, -0.05) is 29.8 Å². The molecule has 0 saturated carbocycles. The fourth-order valence-corrected chi connectivity index (χ4v) is 1.84. The Morgan fingerprint density at radius 2 is 1.94 bits per heavy atom. The summed E-state index contributed by atoms with van der Waals surface area (Å²) in [4.78, 5) is 8.07. The third-order valence-electron chi connectivity index (χ3n) is 2.66. The minimum atomic E-state index is 0.182. The van der Waals surface area contributed by atoms with Crippen LogP contribution in [0.1, 0.15) is 22.6 Å². The largest absolute Gasteiger partial charge is 0.330 e. The van der Waals surface area contributed by atoms with Crippen LogP contribution in [0.3, 0.4) is 0 Å². The summed E-state index contributed by atoms with van der Waals surface area (Å²) in [7, 11) is 0. The molecule has 0 aliphatic rings. The van der Waals surface area contributed by atoms with Crippen LogP contribution in [0.25, 0.3) is 0 Å². The van der Waals surface area contributed by atoms with Gasteiger partial charge in [0.2, 0.25) is 0 Å². The summed E-state index contributed by atoms with van der Waals surface area (Å²) >= 11 is 0. The lowest BCUT2D eigenvalue weighted by atomic mass is 9.92. The minimum absolute atomic E-state index is 0.182. The van der Waals surface area contributed by atoms with Crippen LogP contribution in [-0.4, -0.2) is 16.5 Å². The molecule has 1 unspecified atom stereocenters. The normalized spacial score (nSPS) is 12.4. The van der Waals surface area contributed by atoms with Crippen LogP contribution < -0.4 is 5.73 Å². The smallest absolute Gasteiger partial charge is 0.115 e. The topological polar surface area (TPSA) is 51.8 Å². The Balaban J connectivity index is 2.37. The molecule has 1 aromatic carbocycles. The van der Waals surface area contributed by atoms with E-state index in [1.165, 1.54) is 17.5 Å². The lowest BCUT2D eigenvalue weighted by Crippen LogP contribution is -2.14. The van der Waals surface area contributed by atoms with Gasteiger partial charge in [0, 0.05) is 24.9 Å². The van der Waals surface area contributed by atoms with Crippen molar-refractivity contribution in [2.45, 2.75) is 12.8 Å². The van der Waals surface area contributed by atoms with Gasteiger partial charge in [-0.15, -0.1) is 0 Å². The summed E-state index contributed by atoms with van der Waals surface area (Å²) in [6.45, 7) is 2.65. The molecule has 0 fully saturated rings. The van der Waals surface area contributed by atoms with Crippen LogP contribution in [0.5, 0.6) is 0 Å². The van der Waals surface area contributed by atoms with Crippen molar-refractivity contribution in [3.05, 3.63) is 59.7 Å². The second kappa shape index (κ2) is 4.86. The Morgan fingerprint density at radius 1 is 1.19 bits per heavy atom. The molecule has 82 valence electrons. The first-order valence-electron chi connectivity index (χ1n) is 5.33. The number of aromatic nitrogens is 2. The Bertz CT molecular complexity index is 454. The summed E-state index contributed by atoms with van der Waals surface area (Å²) in [6.07, 6.45) is 5.19. The minimum Gasteiger partial charge on any atom is -0.330 e. The SMILES string of the molecule is Cc1cccc(C(CN)c2cncnc2)c1. The van der Waals surface area contributed by atoms with Crippen LogP contribution in [-0.2, 0) is 0 Å². The first-order chi connectivity index (χ1) is 7.81. The average Bonchev–Trinajstić information content (AvgIpc) is 2.31. The van der Waals surface area contributed by atoms with Crippen LogP contribution in [0.15, 0.2) is 43.0 Å². The van der Waals surface area contributed by atoms with Crippen molar-refractivity contribution in [3.8, 4) is 0 Å². The van der Waals surface area contributed by atoms with Gasteiger partial charge in [0.05, 0.1) is 0 Å². The van der Waals surface area contributed by atoms with Crippen LogP contribution in [0.2, 0.25) is 0 Å². The highest BCUT2D eigenvalue weighted by atomic mass is 14.8. The molecule has 0 bridgehead atoms. The fourth-order valence-electron chi connectivity index (χ4n) is 1.84. The monoisotopic (exact) mass is 213 g/mol. The highest BCUT2D eigenvalue weighted by Gasteiger charge is 2.12.